The van der Waals surface area contributed by atoms with Gasteiger partial charge in [0.2, 0.25) is 0 Å². The minimum atomic E-state index is -2.63. The van der Waals surface area contributed by atoms with E-state index in [0.29, 0.717) is 18.2 Å². The fraction of sp³-hybridized carbons (Fsp3) is 0.538. The van der Waals surface area contributed by atoms with Crippen LogP contribution in [0.25, 0.3) is 0 Å². The predicted molar refractivity (Wildman–Crippen MR) is 65.4 cm³/mol. The third-order valence-corrected chi connectivity index (χ3v) is 3.29. The van der Waals surface area contributed by atoms with E-state index in [0.717, 1.165) is 32.0 Å². The van der Waals surface area contributed by atoms with Gasteiger partial charge in [-0.25, -0.2) is 13.2 Å². The standard InChI is InChI=1S/C13H17F3N2/c14-11-7-10(13(15)16)1-2-12(11)18-8-9-3-5-17-6-4-9/h1-2,7,9,13,17-18H,3-6,8H2. The Labute approximate surface area is 105 Å². The highest BCUT2D eigenvalue weighted by Crippen LogP contribution is 2.24. The van der Waals surface area contributed by atoms with Gasteiger partial charge >= 0.3 is 0 Å². The van der Waals surface area contributed by atoms with E-state index in [1.807, 2.05) is 0 Å². The van der Waals surface area contributed by atoms with E-state index in [9.17, 15) is 13.2 Å². The summed E-state index contributed by atoms with van der Waals surface area (Å²) in [4.78, 5) is 0. The quantitative estimate of drug-likeness (QED) is 0.866. The molecule has 0 aromatic heterocycles. The number of anilines is 1. The molecule has 18 heavy (non-hydrogen) atoms. The third-order valence-electron chi connectivity index (χ3n) is 3.29. The van der Waals surface area contributed by atoms with E-state index in [-0.39, 0.29) is 5.56 Å². The van der Waals surface area contributed by atoms with Gasteiger partial charge in [0.05, 0.1) is 5.69 Å². The van der Waals surface area contributed by atoms with Gasteiger partial charge in [-0.1, -0.05) is 6.07 Å². The normalized spacial score (nSPS) is 17.1. The molecule has 1 heterocycles. The van der Waals surface area contributed by atoms with Crippen LogP contribution < -0.4 is 10.6 Å². The fourth-order valence-corrected chi connectivity index (χ4v) is 2.15. The van der Waals surface area contributed by atoms with Crippen molar-refractivity contribution in [2.75, 3.05) is 25.0 Å². The molecule has 2 rings (SSSR count). The van der Waals surface area contributed by atoms with E-state index >= 15 is 0 Å². The van der Waals surface area contributed by atoms with Gasteiger partial charge in [0.1, 0.15) is 5.82 Å². The molecule has 0 unspecified atom stereocenters. The first kappa shape index (κ1) is 13.2. The van der Waals surface area contributed by atoms with Crippen LogP contribution >= 0.6 is 0 Å². The Morgan fingerprint density at radius 3 is 2.61 bits per heavy atom. The smallest absolute Gasteiger partial charge is 0.263 e. The van der Waals surface area contributed by atoms with Crippen LogP contribution in [-0.4, -0.2) is 19.6 Å². The molecule has 2 N–H and O–H groups in total. The summed E-state index contributed by atoms with van der Waals surface area (Å²) in [5.74, 6) is -0.0952. The molecular formula is C13H17F3N2. The Morgan fingerprint density at radius 1 is 1.28 bits per heavy atom. The number of rotatable bonds is 4. The highest BCUT2D eigenvalue weighted by Gasteiger charge is 2.14. The van der Waals surface area contributed by atoms with Crippen molar-refractivity contribution in [2.45, 2.75) is 19.3 Å². The molecule has 0 aliphatic carbocycles. The van der Waals surface area contributed by atoms with Crippen molar-refractivity contribution in [3.8, 4) is 0 Å². The highest BCUT2D eigenvalue weighted by atomic mass is 19.3. The van der Waals surface area contributed by atoms with E-state index in [1.54, 1.807) is 0 Å². The Bertz CT molecular complexity index is 390. The average Bonchev–Trinajstić information content (AvgIpc) is 2.38. The number of hydrogen-bond donors (Lipinski definition) is 2. The molecule has 1 aromatic carbocycles. The molecule has 0 amide bonds. The molecule has 5 heteroatoms. The summed E-state index contributed by atoms with van der Waals surface area (Å²) in [6, 6.07) is 3.55. The van der Waals surface area contributed by atoms with Crippen molar-refractivity contribution in [1.29, 1.82) is 0 Å². The van der Waals surface area contributed by atoms with E-state index in [2.05, 4.69) is 10.6 Å². The van der Waals surface area contributed by atoms with Crippen LogP contribution in [0.2, 0.25) is 0 Å². The summed E-state index contributed by atoms with van der Waals surface area (Å²) >= 11 is 0. The number of alkyl halides is 2. The van der Waals surface area contributed by atoms with Gasteiger partial charge in [0.25, 0.3) is 6.43 Å². The van der Waals surface area contributed by atoms with Crippen LogP contribution in [0.1, 0.15) is 24.8 Å². The van der Waals surface area contributed by atoms with Crippen LogP contribution in [0.3, 0.4) is 0 Å². The van der Waals surface area contributed by atoms with Gasteiger partial charge in [-0.3, -0.25) is 0 Å². The van der Waals surface area contributed by atoms with Crippen LogP contribution in [0.5, 0.6) is 0 Å². The maximum atomic E-state index is 13.6. The third kappa shape index (κ3) is 3.38. The van der Waals surface area contributed by atoms with Gasteiger partial charge in [0.15, 0.2) is 0 Å². The summed E-state index contributed by atoms with van der Waals surface area (Å²) in [5, 5.41) is 6.26. The lowest BCUT2D eigenvalue weighted by atomic mass is 9.98. The van der Waals surface area contributed by atoms with Crippen LogP contribution in [0.4, 0.5) is 18.9 Å². The van der Waals surface area contributed by atoms with Crippen LogP contribution in [-0.2, 0) is 0 Å². The number of hydrogen-bond acceptors (Lipinski definition) is 2. The highest BCUT2D eigenvalue weighted by molar-refractivity contribution is 5.46. The van der Waals surface area contributed by atoms with Gasteiger partial charge in [0, 0.05) is 12.1 Å². The van der Waals surface area contributed by atoms with Gasteiger partial charge in [-0.15, -0.1) is 0 Å². The zero-order valence-electron chi connectivity index (χ0n) is 10.1. The van der Waals surface area contributed by atoms with Gasteiger partial charge < -0.3 is 10.6 Å². The number of benzene rings is 1. The number of halogens is 3. The van der Waals surface area contributed by atoms with Crippen molar-refractivity contribution in [3.05, 3.63) is 29.6 Å². The molecule has 1 aliphatic heterocycles. The minimum Gasteiger partial charge on any atom is -0.382 e. The van der Waals surface area contributed by atoms with E-state index in [1.165, 1.54) is 12.1 Å². The second-order valence-corrected chi connectivity index (χ2v) is 4.61. The zero-order chi connectivity index (χ0) is 13.0. The second-order valence-electron chi connectivity index (χ2n) is 4.61. The summed E-state index contributed by atoms with van der Waals surface area (Å²) in [6.45, 7) is 2.66. The zero-order valence-corrected chi connectivity index (χ0v) is 10.1. The SMILES string of the molecule is Fc1cc(C(F)F)ccc1NCC1CCNCC1. The first-order valence-corrected chi connectivity index (χ1v) is 6.19. The van der Waals surface area contributed by atoms with Crippen molar-refractivity contribution in [3.63, 3.8) is 0 Å². The molecule has 1 aliphatic rings. The van der Waals surface area contributed by atoms with Crippen molar-refractivity contribution < 1.29 is 13.2 Å². The largest absolute Gasteiger partial charge is 0.382 e. The second kappa shape index (κ2) is 6.09. The molecule has 1 fully saturated rings. The lowest BCUT2D eigenvalue weighted by Crippen LogP contribution is -2.31. The van der Waals surface area contributed by atoms with Crippen molar-refractivity contribution in [1.82, 2.24) is 5.32 Å². The lowest BCUT2D eigenvalue weighted by Gasteiger charge is -2.23. The number of piperidine rings is 1. The summed E-state index contributed by atoms with van der Waals surface area (Å²) in [6.07, 6.45) is -0.508. The van der Waals surface area contributed by atoms with Gasteiger partial charge in [-0.2, -0.15) is 0 Å². The Balaban J connectivity index is 1.92. The van der Waals surface area contributed by atoms with Crippen molar-refractivity contribution >= 4 is 5.69 Å². The fourth-order valence-electron chi connectivity index (χ4n) is 2.15. The molecule has 0 bridgehead atoms. The minimum absolute atomic E-state index is 0.278. The average molecular weight is 258 g/mol. The lowest BCUT2D eigenvalue weighted by molar-refractivity contribution is 0.151. The molecular weight excluding hydrogens is 241 g/mol. The maximum absolute atomic E-state index is 13.6. The monoisotopic (exact) mass is 258 g/mol. The van der Waals surface area contributed by atoms with Crippen LogP contribution in [0, 0.1) is 11.7 Å². The Morgan fingerprint density at radius 2 is 2.00 bits per heavy atom. The van der Waals surface area contributed by atoms with Gasteiger partial charge in [-0.05, 0) is 44.0 Å². The van der Waals surface area contributed by atoms with E-state index in [4.69, 9.17) is 0 Å². The molecule has 0 spiro atoms. The summed E-state index contributed by atoms with van der Waals surface area (Å²) < 4.78 is 38.3. The molecule has 2 nitrogen and oxygen atoms in total. The molecule has 1 saturated heterocycles. The summed E-state index contributed by atoms with van der Waals surface area (Å²) in [7, 11) is 0. The predicted octanol–water partition coefficient (Wildman–Crippen LogP) is 3.17. The maximum Gasteiger partial charge on any atom is 0.263 e. The topological polar surface area (TPSA) is 24.1 Å². The first-order valence-electron chi connectivity index (χ1n) is 6.19. The molecule has 0 atom stereocenters. The first-order chi connectivity index (χ1) is 8.66. The van der Waals surface area contributed by atoms with Crippen LogP contribution in [0.15, 0.2) is 18.2 Å². The molecule has 1 aromatic rings. The Hall–Kier alpha value is -1.23. The van der Waals surface area contributed by atoms with E-state index < -0.39 is 12.2 Å². The number of nitrogens with one attached hydrogen (secondary N) is 2. The Kier molecular flexibility index (Phi) is 4.47. The van der Waals surface area contributed by atoms with Crippen molar-refractivity contribution in [2.24, 2.45) is 5.92 Å². The molecule has 0 saturated carbocycles. The molecule has 100 valence electrons. The summed E-state index contributed by atoms with van der Waals surface area (Å²) in [5.41, 5.74) is 0.0258. The molecule has 0 radical (unpaired) electrons.